The molecule has 2 heterocycles. The number of nitrogens with zero attached hydrogens (tertiary/aromatic N) is 4. The van der Waals surface area contributed by atoms with Crippen molar-refractivity contribution in [2.24, 2.45) is 0 Å². The van der Waals surface area contributed by atoms with Gasteiger partial charge in [-0.25, -0.2) is 9.69 Å². The number of carbonyl (C=O) groups excluding carboxylic acids is 1. The Morgan fingerprint density at radius 1 is 1.40 bits per heavy atom. The van der Waals surface area contributed by atoms with Gasteiger partial charge in [-0.1, -0.05) is 42.9 Å². The normalized spacial score (nSPS) is 18.1. The minimum Gasteiger partial charge on any atom is -0.454 e. The minimum atomic E-state index is -0.920. The molecule has 1 aliphatic heterocycles. The van der Waals surface area contributed by atoms with E-state index in [9.17, 15) is 9.90 Å². The lowest BCUT2D eigenvalue weighted by Gasteiger charge is -2.14. The average molecular weight is 360 g/mol. The summed E-state index contributed by atoms with van der Waals surface area (Å²) in [6.45, 7) is 2.32. The lowest BCUT2D eigenvalue weighted by molar-refractivity contribution is 0.183. The molecule has 1 N–H and O–H groups in total. The fourth-order valence-electron chi connectivity index (χ4n) is 2.40. The quantitative estimate of drug-likeness (QED) is 0.801. The monoisotopic (exact) mass is 360 g/mol. The Hall–Kier alpha value is -2.45. The van der Waals surface area contributed by atoms with E-state index in [1.54, 1.807) is 7.05 Å². The van der Waals surface area contributed by atoms with E-state index in [4.69, 9.17) is 4.74 Å². The lowest BCUT2D eigenvalue weighted by Crippen LogP contribution is -2.34. The van der Waals surface area contributed by atoms with Crippen LogP contribution in [0.3, 0.4) is 0 Å². The van der Waals surface area contributed by atoms with Crippen LogP contribution in [0.25, 0.3) is 5.76 Å². The number of hydrogen-bond donors (Lipinski definition) is 1. The third-order valence-corrected chi connectivity index (χ3v) is 4.63. The van der Waals surface area contributed by atoms with Gasteiger partial charge < -0.3 is 14.7 Å². The van der Waals surface area contributed by atoms with Crippen LogP contribution in [0, 0.1) is 0 Å². The third kappa shape index (κ3) is 3.80. The highest BCUT2D eigenvalue weighted by Gasteiger charge is 2.37. The van der Waals surface area contributed by atoms with Gasteiger partial charge in [-0.2, -0.15) is 0 Å². The molecule has 1 fully saturated rings. The molecule has 0 spiro atoms. The molecule has 25 heavy (non-hydrogen) atoms. The summed E-state index contributed by atoms with van der Waals surface area (Å²) >= 11 is 1.22. The number of likely N-dealkylation sites (N-methyl/N-ethyl adjacent to an activating group) is 1. The van der Waals surface area contributed by atoms with Crippen LogP contribution in [0.2, 0.25) is 0 Å². The summed E-state index contributed by atoms with van der Waals surface area (Å²) in [5.41, 5.74) is 0. The second kappa shape index (κ2) is 7.62. The minimum absolute atomic E-state index is 0.243. The predicted octanol–water partition coefficient (Wildman–Crippen LogP) is 2.95. The molecule has 7 nitrogen and oxygen atoms in total. The number of aliphatic hydroxyl groups is 1. The van der Waals surface area contributed by atoms with E-state index in [1.165, 1.54) is 21.1 Å². The summed E-state index contributed by atoms with van der Waals surface area (Å²) in [6.07, 6.45) is 2.86. The maximum atomic E-state index is 12.1. The number of para-hydroxylation sites is 1. The van der Waals surface area contributed by atoms with Crippen molar-refractivity contribution in [1.29, 1.82) is 0 Å². The molecule has 8 heteroatoms. The Morgan fingerprint density at radius 2 is 2.16 bits per heavy atom. The van der Waals surface area contributed by atoms with Crippen LogP contribution in [0.15, 0.2) is 36.4 Å². The van der Waals surface area contributed by atoms with Gasteiger partial charge in [0.2, 0.25) is 5.13 Å². The number of ether oxygens (including phenoxy) is 1. The molecule has 1 aromatic carbocycles. The van der Waals surface area contributed by atoms with Crippen LogP contribution in [0.4, 0.5) is 9.93 Å². The second-order valence-corrected chi connectivity index (χ2v) is 6.63. The van der Waals surface area contributed by atoms with E-state index in [1.807, 2.05) is 36.4 Å². The van der Waals surface area contributed by atoms with Gasteiger partial charge in [0.25, 0.3) is 0 Å². The number of rotatable bonds is 6. The van der Waals surface area contributed by atoms with Crippen LogP contribution in [0.5, 0.6) is 5.75 Å². The fourth-order valence-corrected chi connectivity index (χ4v) is 3.26. The number of urea groups is 1. The van der Waals surface area contributed by atoms with Gasteiger partial charge in [0.15, 0.2) is 17.0 Å². The molecule has 3 rings (SSSR count). The van der Waals surface area contributed by atoms with Crippen molar-refractivity contribution >= 4 is 28.3 Å². The van der Waals surface area contributed by atoms with Crippen LogP contribution in [-0.4, -0.2) is 46.1 Å². The highest BCUT2D eigenvalue weighted by atomic mass is 32.1. The number of anilines is 1. The number of hydrogen-bond acceptors (Lipinski definition) is 6. The SMILES string of the molecule is CCC/C=C(\Oc1ccccc1)c1nnc(N2C(=O)N(C)CC2O)s1. The van der Waals surface area contributed by atoms with E-state index in [-0.39, 0.29) is 12.6 Å². The molecule has 1 atom stereocenters. The molecule has 0 aliphatic carbocycles. The molecule has 1 unspecified atom stereocenters. The van der Waals surface area contributed by atoms with Gasteiger partial charge in [0.1, 0.15) is 5.75 Å². The Balaban J connectivity index is 1.85. The maximum Gasteiger partial charge on any atom is 0.328 e. The first-order valence-electron chi connectivity index (χ1n) is 8.09. The first kappa shape index (κ1) is 17.4. The van der Waals surface area contributed by atoms with Crippen molar-refractivity contribution in [1.82, 2.24) is 15.1 Å². The Kier molecular flexibility index (Phi) is 5.30. The number of unbranched alkanes of at least 4 members (excludes halogenated alkanes) is 1. The summed E-state index contributed by atoms with van der Waals surface area (Å²) in [7, 11) is 1.64. The van der Waals surface area contributed by atoms with E-state index in [2.05, 4.69) is 17.1 Å². The van der Waals surface area contributed by atoms with Crippen molar-refractivity contribution in [3.8, 4) is 5.75 Å². The van der Waals surface area contributed by atoms with Crippen LogP contribution in [-0.2, 0) is 0 Å². The van der Waals surface area contributed by atoms with E-state index in [0.29, 0.717) is 21.6 Å². The highest BCUT2D eigenvalue weighted by molar-refractivity contribution is 7.16. The number of aromatic nitrogens is 2. The first-order chi connectivity index (χ1) is 12.1. The van der Waals surface area contributed by atoms with E-state index >= 15 is 0 Å². The zero-order valence-electron chi connectivity index (χ0n) is 14.1. The zero-order chi connectivity index (χ0) is 17.8. The number of aliphatic hydroxyl groups excluding tert-OH is 1. The molecule has 1 aromatic heterocycles. The molecule has 0 saturated carbocycles. The molecular weight excluding hydrogens is 340 g/mol. The number of allylic oxidation sites excluding steroid dienone is 1. The summed E-state index contributed by atoms with van der Waals surface area (Å²) in [5.74, 6) is 1.31. The van der Waals surface area contributed by atoms with Crippen molar-refractivity contribution in [2.45, 2.75) is 26.0 Å². The topological polar surface area (TPSA) is 78.8 Å². The van der Waals surface area contributed by atoms with Crippen molar-refractivity contribution in [2.75, 3.05) is 18.5 Å². The molecular formula is C17H20N4O3S. The van der Waals surface area contributed by atoms with Gasteiger partial charge >= 0.3 is 6.03 Å². The molecule has 2 aromatic rings. The maximum absolute atomic E-state index is 12.1. The largest absolute Gasteiger partial charge is 0.454 e. The number of amides is 2. The number of benzene rings is 1. The molecule has 0 bridgehead atoms. The summed E-state index contributed by atoms with van der Waals surface area (Å²) < 4.78 is 5.95. The predicted molar refractivity (Wildman–Crippen MR) is 96.4 cm³/mol. The van der Waals surface area contributed by atoms with Gasteiger partial charge in [0.05, 0.1) is 6.54 Å². The Morgan fingerprint density at radius 3 is 2.80 bits per heavy atom. The zero-order valence-corrected chi connectivity index (χ0v) is 14.9. The van der Waals surface area contributed by atoms with Gasteiger partial charge in [-0.15, -0.1) is 10.2 Å². The average Bonchev–Trinajstić information content (AvgIpc) is 3.17. The summed E-state index contributed by atoms with van der Waals surface area (Å²) in [6, 6.07) is 9.15. The number of β-amino-alcohol motifs (C(OH)–C–C–N with tert-alkyl or cyclic N) is 1. The second-order valence-electron chi connectivity index (χ2n) is 5.68. The van der Waals surface area contributed by atoms with Gasteiger partial charge in [-0.05, 0) is 24.6 Å². The molecule has 132 valence electrons. The van der Waals surface area contributed by atoms with Gasteiger partial charge in [0, 0.05) is 7.05 Å². The van der Waals surface area contributed by atoms with Crippen LogP contribution in [0.1, 0.15) is 24.8 Å². The highest BCUT2D eigenvalue weighted by Crippen LogP contribution is 2.31. The first-order valence-corrected chi connectivity index (χ1v) is 8.91. The molecule has 1 aliphatic rings. The third-order valence-electron chi connectivity index (χ3n) is 3.69. The smallest absolute Gasteiger partial charge is 0.328 e. The summed E-state index contributed by atoms with van der Waals surface area (Å²) in [5, 5.41) is 19.2. The molecule has 0 radical (unpaired) electrons. The van der Waals surface area contributed by atoms with Crippen molar-refractivity contribution in [3.05, 3.63) is 41.4 Å². The van der Waals surface area contributed by atoms with Crippen molar-refractivity contribution < 1.29 is 14.6 Å². The van der Waals surface area contributed by atoms with Gasteiger partial charge in [-0.3, -0.25) is 0 Å². The standard InChI is InChI=1S/C17H20N4O3S/c1-3-4-10-13(24-12-8-6-5-7-9-12)15-18-19-16(25-15)21-14(22)11-20(2)17(21)23/h5-10,14,22H,3-4,11H2,1-2H3/b13-10-. The van der Waals surface area contributed by atoms with Crippen LogP contribution >= 0.6 is 11.3 Å². The van der Waals surface area contributed by atoms with Crippen LogP contribution < -0.4 is 9.64 Å². The molecule has 2 amide bonds. The molecule has 1 saturated heterocycles. The van der Waals surface area contributed by atoms with E-state index in [0.717, 1.165) is 12.8 Å². The Labute approximate surface area is 150 Å². The number of carbonyl (C=O) groups is 1. The Bertz CT molecular complexity index is 762. The fraction of sp³-hybridized carbons (Fsp3) is 0.353. The van der Waals surface area contributed by atoms with E-state index < -0.39 is 6.23 Å². The lowest BCUT2D eigenvalue weighted by atomic mass is 10.3. The summed E-state index contributed by atoms with van der Waals surface area (Å²) in [4.78, 5) is 14.8. The van der Waals surface area contributed by atoms with Crippen molar-refractivity contribution in [3.63, 3.8) is 0 Å².